The van der Waals surface area contributed by atoms with Gasteiger partial charge < -0.3 is 15.3 Å². The molecule has 2 heterocycles. The molecule has 1 aromatic rings. The molecule has 5 nitrogen and oxygen atoms in total. The zero-order chi connectivity index (χ0) is 13.0. The molecule has 0 aliphatic carbocycles. The van der Waals surface area contributed by atoms with E-state index in [0.717, 1.165) is 31.6 Å². The standard InChI is InChI=1S/C13H19N3O2/c1-14-12-6-5-10(8-15-12)13(18)16-7-3-2-4-11(16)9-17/h5-6,8,11,17H,2-4,7,9H2,1H3,(H,14,15). The second kappa shape index (κ2) is 5.82. The quantitative estimate of drug-likeness (QED) is 0.842. The number of hydrogen-bond donors (Lipinski definition) is 2. The van der Waals surface area contributed by atoms with Crippen molar-refractivity contribution in [3.05, 3.63) is 23.9 Å². The van der Waals surface area contributed by atoms with Crippen LogP contribution in [0.2, 0.25) is 0 Å². The number of nitrogens with zero attached hydrogens (tertiary/aromatic N) is 2. The molecular formula is C13H19N3O2. The maximum atomic E-state index is 12.3. The van der Waals surface area contributed by atoms with Gasteiger partial charge in [-0.05, 0) is 31.4 Å². The van der Waals surface area contributed by atoms with Crippen molar-refractivity contribution in [3.63, 3.8) is 0 Å². The Morgan fingerprint density at radius 1 is 1.56 bits per heavy atom. The molecule has 1 aliphatic rings. The molecule has 0 bridgehead atoms. The number of likely N-dealkylation sites (tertiary alicyclic amines) is 1. The fourth-order valence-corrected chi connectivity index (χ4v) is 2.29. The fourth-order valence-electron chi connectivity index (χ4n) is 2.29. The van der Waals surface area contributed by atoms with Gasteiger partial charge in [-0.15, -0.1) is 0 Å². The largest absolute Gasteiger partial charge is 0.394 e. The van der Waals surface area contributed by atoms with Crippen LogP contribution in [0.4, 0.5) is 5.82 Å². The SMILES string of the molecule is CNc1ccc(C(=O)N2CCCCC2CO)cn1. The van der Waals surface area contributed by atoms with Gasteiger partial charge in [0.2, 0.25) is 0 Å². The van der Waals surface area contributed by atoms with Crippen molar-refractivity contribution in [1.29, 1.82) is 0 Å². The third kappa shape index (κ3) is 2.61. The van der Waals surface area contributed by atoms with E-state index in [2.05, 4.69) is 10.3 Å². The maximum absolute atomic E-state index is 12.3. The number of carbonyl (C=O) groups excluding carboxylic acids is 1. The third-order valence-electron chi connectivity index (χ3n) is 3.37. The van der Waals surface area contributed by atoms with Crippen molar-refractivity contribution >= 4 is 11.7 Å². The lowest BCUT2D eigenvalue weighted by atomic mass is 10.0. The number of rotatable bonds is 3. The van der Waals surface area contributed by atoms with Crippen molar-refractivity contribution in [2.75, 3.05) is 25.5 Å². The first-order valence-electron chi connectivity index (χ1n) is 6.32. The first-order chi connectivity index (χ1) is 8.76. The Kier molecular flexibility index (Phi) is 4.15. The Bertz CT molecular complexity index is 405. The number of piperidine rings is 1. The van der Waals surface area contributed by atoms with E-state index in [-0.39, 0.29) is 18.6 Å². The first kappa shape index (κ1) is 12.8. The van der Waals surface area contributed by atoms with Crippen LogP contribution >= 0.6 is 0 Å². The Balaban J connectivity index is 2.13. The highest BCUT2D eigenvalue weighted by Gasteiger charge is 2.26. The number of carbonyl (C=O) groups is 1. The Hall–Kier alpha value is -1.62. The van der Waals surface area contributed by atoms with Crippen LogP contribution in [-0.2, 0) is 0 Å². The molecule has 0 aromatic carbocycles. The molecule has 0 radical (unpaired) electrons. The zero-order valence-corrected chi connectivity index (χ0v) is 10.6. The van der Waals surface area contributed by atoms with Crippen LogP contribution < -0.4 is 5.32 Å². The summed E-state index contributed by atoms with van der Waals surface area (Å²) in [5, 5.41) is 12.2. The van der Waals surface area contributed by atoms with Crippen molar-refractivity contribution in [2.45, 2.75) is 25.3 Å². The molecule has 18 heavy (non-hydrogen) atoms. The summed E-state index contributed by atoms with van der Waals surface area (Å²) < 4.78 is 0. The minimum Gasteiger partial charge on any atom is -0.394 e. The molecule has 1 aromatic heterocycles. The van der Waals surface area contributed by atoms with Gasteiger partial charge in [0.1, 0.15) is 5.82 Å². The molecule has 1 fully saturated rings. The van der Waals surface area contributed by atoms with E-state index >= 15 is 0 Å². The van der Waals surface area contributed by atoms with Crippen molar-refractivity contribution in [3.8, 4) is 0 Å². The van der Waals surface area contributed by atoms with E-state index in [0.29, 0.717) is 5.56 Å². The van der Waals surface area contributed by atoms with E-state index in [1.807, 2.05) is 0 Å². The van der Waals surface area contributed by atoms with Crippen LogP contribution in [0.15, 0.2) is 18.3 Å². The van der Waals surface area contributed by atoms with Gasteiger partial charge in [0.25, 0.3) is 5.91 Å². The van der Waals surface area contributed by atoms with Crippen molar-refractivity contribution < 1.29 is 9.90 Å². The van der Waals surface area contributed by atoms with E-state index < -0.39 is 0 Å². The van der Waals surface area contributed by atoms with E-state index in [9.17, 15) is 9.90 Å². The van der Waals surface area contributed by atoms with Gasteiger partial charge >= 0.3 is 0 Å². The number of amides is 1. The summed E-state index contributed by atoms with van der Waals surface area (Å²) in [5.74, 6) is 0.702. The highest BCUT2D eigenvalue weighted by molar-refractivity contribution is 5.94. The van der Waals surface area contributed by atoms with Gasteiger partial charge in [-0.1, -0.05) is 0 Å². The molecule has 0 spiro atoms. The van der Waals surface area contributed by atoms with E-state index in [4.69, 9.17) is 0 Å². The summed E-state index contributed by atoms with van der Waals surface area (Å²) in [6, 6.07) is 3.50. The Labute approximate surface area is 107 Å². The van der Waals surface area contributed by atoms with Crippen LogP contribution in [0, 0.1) is 0 Å². The molecule has 2 rings (SSSR count). The zero-order valence-electron chi connectivity index (χ0n) is 10.6. The van der Waals surface area contributed by atoms with Gasteiger partial charge in [0.15, 0.2) is 0 Å². The van der Waals surface area contributed by atoms with Crippen molar-refractivity contribution in [2.24, 2.45) is 0 Å². The van der Waals surface area contributed by atoms with Crippen LogP contribution in [-0.4, -0.2) is 47.1 Å². The second-order valence-corrected chi connectivity index (χ2v) is 4.51. The molecule has 5 heteroatoms. The first-order valence-corrected chi connectivity index (χ1v) is 6.32. The topological polar surface area (TPSA) is 65.5 Å². The minimum absolute atomic E-state index is 0.0355. The normalized spacial score (nSPS) is 19.7. The molecule has 1 unspecified atom stereocenters. The second-order valence-electron chi connectivity index (χ2n) is 4.51. The molecule has 2 N–H and O–H groups in total. The number of pyridine rings is 1. The molecule has 98 valence electrons. The van der Waals surface area contributed by atoms with Gasteiger partial charge in [-0.3, -0.25) is 4.79 Å². The van der Waals surface area contributed by atoms with Crippen molar-refractivity contribution in [1.82, 2.24) is 9.88 Å². The molecule has 1 amide bonds. The average Bonchev–Trinajstić information content (AvgIpc) is 2.46. The van der Waals surface area contributed by atoms with Gasteiger partial charge in [0.05, 0.1) is 18.2 Å². The summed E-state index contributed by atoms with van der Waals surface area (Å²) in [5.41, 5.74) is 0.578. The lowest BCUT2D eigenvalue weighted by Crippen LogP contribution is -2.45. The molecule has 1 saturated heterocycles. The highest BCUT2D eigenvalue weighted by Crippen LogP contribution is 2.19. The van der Waals surface area contributed by atoms with E-state index in [1.54, 1.807) is 30.3 Å². The number of nitrogens with one attached hydrogen (secondary N) is 1. The Morgan fingerprint density at radius 3 is 3.00 bits per heavy atom. The van der Waals surface area contributed by atoms with Crippen LogP contribution in [0.1, 0.15) is 29.6 Å². The molecule has 1 aliphatic heterocycles. The summed E-state index contributed by atoms with van der Waals surface area (Å²) in [7, 11) is 1.79. The average molecular weight is 249 g/mol. The summed E-state index contributed by atoms with van der Waals surface area (Å²) in [6.45, 7) is 0.756. The predicted octanol–water partition coefficient (Wildman–Crippen LogP) is 1.11. The van der Waals surface area contributed by atoms with Gasteiger partial charge in [0, 0.05) is 19.8 Å². The fraction of sp³-hybridized carbons (Fsp3) is 0.538. The number of hydrogen-bond acceptors (Lipinski definition) is 4. The smallest absolute Gasteiger partial charge is 0.255 e. The monoisotopic (exact) mass is 249 g/mol. The molecule has 1 atom stereocenters. The summed E-state index contributed by atoms with van der Waals surface area (Å²) >= 11 is 0. The number of anilines is 1. The van der Waals surface area contributed by atoms with Gasteiger partial charge in [-0.25, -0.2) is 4.98 Å². The lowest BCUT2D eigenvalue weighted by Gasteiger charge is -2.34. The number of aromatic nitrogens is 1. The van der Waals surface area contributed by atoms with Crippen LogP contribution in [0.3, 0.4) is 0 Å². The summed E-state index contributed by atoms with van der Waals surface area (Å²) in [6.07, 6.45) is 4.54. The Morgan fingerprint density at radius 2 is 2.39 bits per heavy atom. The summed E-state index contributed by atoms with van der Waals surface area (Å²) in [4.78, 5) is 18.2. The van der Waals surface area contributed by atoms with E-state index in [1.165, 1.54) is 0 Å². The van der Waals surface area contributed by atoms with Crippen LogP contribution in [0.5, 0.6) is 0 Å². The lowest BCUT2D eigenvalue weighted by molar-refractivity contribution is 0.0502. The molecule has 0 saturated carbocycles. The minimum atomic E-state index is -0.0461. The molecular weight excluding hydrogens is 230 g/mol. The maximum Gasteiger partial charge on any atom is 0.255 e. The number of aliphatic hydroxyl groups excluding tert-OH is 1. The van der Waals surface area contributed by atoms with Gasteiger partial charge in [-0.2, -0.15) is 0 Å². The third-order valence-corrected chi connectivity index (χ3v) is 3.37. The van der Waals surface area contributed by atoms with Crippen LogP contribution in [0.25, 0.3) is 0 Å². The predicted molar refractivity (Wildman–Crippen MR) is 69.5 cm³/mol. The highest BCUT2D eigenvalue weighted by atomic mass is 16.3. The number of aliphatic hydroxyl groups is 1.